The molecule has 0 aliphatic heterocycles. The van der Waals surface area contributed by atoms with E-state index in [1.165, 1.54) is 38.5 Å². The van der Waals surface area contributed by atoms with E-state index in [2.05, 4.69) is 31.2 Å². The second-order valence-electron chi connectivity index (χ2n) is 4.33. The lowest BCUT2D eigenvalue weighted by Gasteiger charge is -2.07. The summed E-state index contributed by atoms with van der Waals surface area (Å²) >= 11 is 0. The van der Waals surface area contributed by atoms with Crippen LogP contribution in [0.5, 0.6) is 0 Å². The maximum absolute atomic E-state index is 5.40. The molecule has 0 aromatic heterocycles. The van der Waals surface area contributed by atoms with Crippen molar-refractivity contribution in [1.29, 1.82) is 0 Å². The fourth-order valence-electron chi connectivity index (χ4n) is 1.56. The number of unbranched alkanes of at least 4 members (excludes halogenated alkanes) is 5. The molecule has 0 unspecified atom stereocenters. The molecule has 0 heterocycles. The molecule has 0 radical (unpaired) electrons. The van der Waals surface area contributed by atoms with Gasteiger partial charge in [0.05, 0.1) is 0 Å². The van der Waals surface area contributed by atoms with E-state index >= 15 is 0 Å². The standard InChI is InChI=1S/C12H27N3/c1-4-5-6-7-8-9-10-12(15-13)14-11(2)3/h11H,4-10,13H2,1-3H3,(H,14,15). The first-order chi connectivity index (χ1) is 7.20. The Morgan fingerprint density at radius 2 is 1.73 bits per heavy atom. The van der Waals surface area contributed by atoms with Crippen LogP contribution in [0.3, 0.4) is 0 Å². The van der Waals surface area contributed by atoms with Crippen molar-refractivity contribution in [1.82, 2.24) is 5.43 Å². The zero-order valence-corrected chi connectivity index (χ0v) is 10.6. The molecule has 0 amide bonds. The van der Waals surface area contributed by atoms with Crippen LogP contribution in [0, 0.1) is 0 Å². The van der Waals surface area contributed by atoms with E-state index in [0.717, 1.165) is 12.3 Å². The van der Waals surface area contributed by atoms with E-state index in [1.54, 1.807) is 0 Å². The van der Waals surface area contributed by atoms with Crippen molar-refractivity contribution in [2.45, 2.75) is 71.8 Å². The highest BCUT2D eigenvalue weighted by atomic mass is 15.2. The van der Waals surface area contributed by atoms with Crippen molar-refractivity contribution in [3.05, 3.63) is 0 Å². The molecule has 3 N–H and O–H groups in total. The average Bonchev–Trinajstić information content (AvgIpc) is 2.20. The summed E-state index contributed by atoms with van der Waals surface area (Å²) in [5.41, 5.74) is 2.69. The Kier molecular flexibility index (Phi) is 9.59. The van der Waals surface area contributed by atoms with Crippen molar-refractivity contribution in [3.63, 3.8) is 0 Å². The zero-order chi connectivity index (χ0) is 11.5. The van der Waals surface area contributed by atoms with E-state index in [4.69, 9.17) is 5.84 Å². The van der Waals surface area contributed by atoms with Crippen LogP contribution in [0.2, 0.25) is 0 Å². The van der Waals surface area contributed by atoms with Crippen LogP contribution in [-0.2, 0) is 0 Å². The van der Waals surface area contributed by atoms with Gasteiger partial charge in [0.15, 0.2) is 0 Å². The van der Waals surface area contributed by atoms with Crippen LogP contribution >= 0.6 is 0 Å². The summed E-state index contributed by atoms with van der Waals surface area (Å²) < 4.78 is 0. The van der Waals surface area contributed by atoms with Gasteiger partial charge >= 0.3 is 0 Å². The highest BCUT2D eigenvalue weighted by molar-refractivity contribution is 5.81. The van der Waals surface area contributed by atoms with E-state index < -0.39 is 0 Å². The summed E-state index contributed by atoms with van der Waals surface area (Å²) in [6, 6.07) is 0.330. The van der Waals surface area contributed by atoms with Gasteiger partial charge in [-0.2, -0.15) is 0 Å². The molecule has 0 aromatic rings. The first-order valence-corrected chi connectivity index (χ1v) is 6.24. The monoisotopic (exact) mass is 213 g/mol. The minimum absolute atomic E-state index is 0.330. The summed E-state index contributed by atoms with van der Waals surface area (Å²) in [7, 11) is 0. The van der Waals surface area contributed by atoms with E-state index in [-0.39, 0.29) is 0 Å². The Morgan fingerprint density at radius 1 is 1.13 bits per heavy atom. The third kappa shape index (κ3) is 9.73. The highest BCUT2D eigenvalue weighted by Gasteiger charge is 1.98. The highest BCUT2D eigenvalue weighted by Crippen LogP contribution is 2.07. The Balaban J connectivity index is 3.47. The molecule has 0 atom stereocenters. The largest absolute Gasteiger partial charge is 0.312 e. The molecule has 0 bridgehead atoms. The number of amidine groups is 1. The molecular weight excluding hydrogens is 186 g/mol. The molecule has 0 saturated carbocycles. The lowest BCUT2D eigenvalue weighted by molar-refractivity contribution is 0.612. The summed E-state index contributed by atoms with van der Waals surface area (Å²) in [5.74, 6) is 6.35. The Labute approximate surface area is 94.5 Å². The quantitative estimate of drug-likeness (QED) is 0.214. The maximum atomic E-state index is 5.40. The van der Waals surface area contributed by atoms with Crippen LogP contribution in [0.4, 0.5) is 0 Å². The van der Waals surface area contributed by atoms with Crippen molar-refractivity contribution in [3.8, 4) is 0 Å². The topological polar surface area (TPSA) is 50.4 Å². The van der Waals surface area contributed by atoms with Crippen LogP contribution < -0.4 is 11.3 Å². The summed E-state index contributed by atoms with van der Waals surface area (Å²) in [6.45, 7) is 6.38. The smallest absolute Gasteiger partial charge is 0.111 e. The van der Waals surface area contributed by atoms with Crippen LogP contribution in [0.1, 0.15) is 65.7 Å². The van der Waals surface area contributed by atoms with Gasteiger partial charge in [0.2, 0.25) is 0 Å². The predicted molar refractivity (Wildman–Crippen MR) is 67.9 cm³/mol. The van der Waals surface area contributed by atoms with E-state index in [0.29, 0.717) is 6.04 Å². The minimum atomic E-state index is 0.330. The third-order valence-electron chi connectivity index (χ3n) is 2.35. The lowest BCUT2D eigenvalue weighted by Crippen LogP contribution is -2.31. The molecule has 0 rings (SSSR count). The number of hydrogen-bond acceptors (Lipinski definition) is 2. The molecular formula is C12H27N3. The molecule has 0 aliphatic rings. The minimum Gasteiger partial charge on any atom is -0.312 e. The summed E-state index contributed by atoms with van der Waals surface area (Å²) in [6.07, 6.45) is 8.85. The molecule has 0 aliphatic carbocycles. The van der Waals surface area contributed by atoms with Gasteiger partial charge in [-0.1, -0.05) is 39.0 Å². The van der Waals surface area contributed by atoms with Crippen LogP contribution in [0.25, 0.3) is 0 Å². The molecule has 0 fully saturated rings. The Bertz CT molecular complexity index is 164. The number of aliphatic imine (C=N–C) groups is 1. The number of nitrogens with two attached hydrogens (primary N) is 1. The van der Waals surface area contributed by atoms with Crippen molar-refractivity contribution < 1.29 is 0 Å². The lowest BCUT2D eigenvalue weighted by atomic mass is 10.1. The van der Waals surface area contributed by atoms with Gasteiger partial charge in [-0.15, -0.1) is 0 Å². The molecule has 90 valence electrons. The van der Waals surface area contributed by atoms with Crippen LogP contribution in [-0.4, -0.2) is 11.9 Å². The summed E-state index contributed by atoms with van der Waals surface area (Å²) in [5, 5.41) is 0. The fraction of sp³-hybridized carbons (Fsp3) is 0.917. The second-order valence-corrected chi connectivity index (χ2v) is 4.33. The Hall–Kier alpha value is -0.570. The molecule has 15 heavy (non-hydrogen) atoms. The molecule has 0 saturated heterocycles. The van der Waals surface area contributed by atoms with Crippen molar-refractivity contribution in [2.24, 2.45) is 10.8 Å². The van der Waals surface area contributed by atoms with Gasteiger partial charge in [-0.25, -0.2) is 5.84 Å². The number of rotatable bonds is 8. The van der Waals surface area contributed by atoms with E-state index in [1.807, 2.05) is 0 Å². The van der Waals surface area contributed by atoms with Gasteiger partial charge in [-0.3, -0.25) is 4.99 Å². The zero-order valence-electron chi connectivity index (χ0n) is 10.6. The van der Waals surface area contributed by atoms with Crippen LogP contribution in [0.15, 0.2) is 4.99 Å². The first kappa shape index (κ1) is 14.4. The van der Waals surface area contributed by atoms with Gasteiger partial charge < -0.3 is 5.43 Å². The number of nitrogens with one attached hydrogen (secondary N) is 1. The van der Waals surface area contributed by atoms with Gasteiger partial charge in [0.1, 0.15) is 5.84 Å². The van der Waals surface area contributed by atoms with Crippen molar-refractivity contribution in [2.75, 3.05) is 0 Å². The Morgan fingerprint density at radius 3 is 2.27 bits per heavy atom. The predicted octanol–water partition coefficient (Wildman–Crippen LogP) is 3.01. The SMILES string of the molecule is CCCCCCCCC(=NC(C)C)NN. The van der Waals surface area contributed by atoms with Crippen molar-refractivity contribution >= 4 is 5.84 Å². The fourth-order valence-corrected chi connectivity index (χ4v) is 1.56. The summed E-state index contributed by atoms with van der Waals surface area (Å²) in [4.78, 5) is 4.41. The van der Waals surface area contributed by atoms with E-state index in [9.17, 15) is 0 Å². The van der Waals surface area contributed by atoms with Gasteiger partial charge in [0, 0.05) is 12.5 Å². The maximum Gasteiger partial charge on any atom is 0.111 e. The molecule has 0 aromatic carbocycles. The number of nitrogens with zero attached hydrogens (tertiary/aromatic N) is 1. The normalized spacial score (nSPS) is 12.2. The van der Waals surface area contributed by atoms with Gasteiger partial charge in [-0.05, 0) is 20.3 Å². The first-order valence-electron chi connectivity index (χ1n) is 6.24. The average molecular weight is 213 g/mol. The van der Waals surface area contributed by atoms with Gasteiger partial charge in [0.25, 0.3) is 0 Å². The second kappa shape index (κ2) is 9.97. The number of hydrogen-bond donors (Lipinski definition) is 2. The molecule has 3 nitrogen and oxygen atoms in total. The molecule has 3 heteroatoms. The molecule has 0 spiro atoms. The number of hydrazine groups is 1. The third-order valence-corrected chi connectivity index (χ3v) is 2.35.